The molecule has 0 aromatic heterocycles. The van der Waals surface area contributed by atoms with E-state index in [1.807, 2.05) is 0 Å². The Morgan fingerprint density at radius 2 is 1.16 bits per heavy atom. The Hall–Kier alpha value is -4.24. The molecule has 0 atom stereocenters. The number of nitrogen functional groups attached to an aromatic ring is 1. The van der Waals surface area contributed by atoms with Crippen molar-refractivity contribution >= 4 is 45.9 Å². The monoisotopic (exact) mass is 724 g/mol. The summed E-state index contributed by atoms with van der Waals surface area (Å²) >= 11 is 0. The van der Waals surface area contributed by atoms with E-state index in [-0.39, 0.29) is 39.2 Å². The first-order valence-corrected chi connectivity index (χ1v) is 20.9. The van der Waals surface area contributed by atoms with Crippen LogP contribution >= 0.6 is 0 Å². The van der Waals surface area contributed by atoms with Gasteiger partial charge in [-0.15, -0.1) is 0 Å². The fraction of sp³-hybridized carbons (Fsp3) is 0.423. The zero-order valence-corrected chi connectivity index (χ0v) is 35.8. The number of hydrogen-bond acceptors (Lipinski definition) is 2. The summed E-state index contributed by atoms with van der Waals surface area (Å²) in [6.45, 7) is 31.2. The maximum atomic E-state index is 7.47. The summed E-state index contributed by atoms with van der Waals surface area (Å²) in [5.41, 5.74) is 29.0. The minimum atomic E-state index is -0.0729. The van der Waals surface area contributed by atoms with Crippen molar-refractivity contribution in [3.63, 3.8) is 0 Å². The number of nitrogens with zero attached hydrogens (tertiary/aromatic N) is 1. The highest BCUT2D eigenvalue weighted by Gasteiger charge is 2.46. The molecule has 1 heterocycles. The zero-order chi connectivity index (χ0) is 39.4. The molecular formula is C52H61BN2. The molecule has 0 bridgehead atoms. The summed E-state index contributed by atoms with van der Waals surface area (Å²) in [6, 6.07) is 33.7. The van der Waals surface area contributed by atoms with E-state index in [0.717, 1.165) is 12.1 Å². The maximum Gasteiger partial charge on any atom is 0.249 e. The summed E-state index contributed by atoms with van der Waals surface area (Å²) in [6.07, 6.45) is 3.50. The molecule has 5 aromatic carbocycles. The van der Waals surface area contributed by atoms with E-state index in [4.69, 9.17) is 5.73 Å². The van der Waals surface area contributed by atoms with E-state index in [0.29, 0.717) is 0 Å². The van der Waals surface area contributed by atoms with Gasteiger partial charge >= 0.3 is 0 Å². The minimum absolute atomic E-state index is 0.000283. The Morgan fingerprint density at radius 3 is 1.85 bits per heavy atom. The van der Waals surface area contributed by atoms with E-state index < -0.39 is 0 Å². The molecule has 0 saturated heterocycles. The van der Waals surface area contributed by atoms with Gasteiger partial charge in [-0.2, -0.15) is 0 Å². The number of benzene rings is 5. The molecule has 1 aliphatic heterocycles. The summed E-state index contributed by atoms with van der Waals surface area (Å²) in [4.78, 5) is 2.60. The van der Waals surface area contributed by atoms with E-state index >= 15 is 0 Å². The molecule has 55 heavy (non-hydrogen) atoms. The van der Waals surface area contributed by atoms with Crippen molar-refractivity contribution in [1.82, 2.24) is 0 Å². The van der Waals surface area contributed by atoms with Gasteiger partial charge in [0.15, 0.2) is 0 Å². The Balaban J connectivity index is 1.38. The van der Waals surface area contributed by atoms with Gasteiger partial charge in [0.1, 0.15) is 0 Å². The third kappa shape index (κ3) is 5.20. The van der Waals surface area contributed by atoms with Crippen LogP contribution in [-0.2, 0) is 32.5 Å². The lowest BCUT2D eigenvalue weighted by molar-refractivity contribution is 0.332. The van der Waals surface area contributed by atoms with Gasteiger partial charge in [-0.25, -0.2) is 0 Å². The minimum Gasteiger partial charge on any atom is -0.399 e. The normalized spacial score (nSPS) is 20.2. The molecule has 3 aliphatic carbocycles. The van der Waals surface area contributed by atoms with Gasteiger partial charge in [0, 0.05) is 28.2 Å². The van der Waals surface area contributed by atoms with Gasteiger partial charge in [-0.1, -0.05) is 150 Å². The highest BCUT2D eigenvalue weighted by molar-refractivity contribution is 6.98. The number of anilines is 4. The number of rotatable bonds is 2. The standard InChI is InChI=1S/C52H61BN2/c1-47(2,3)31-24-43(54)46-45(25-31)55(33-19-21-37-35(27-33)34-16-14-15-17-36(34)52(37,12)13)44-29-41-40(48(4,5)22-23-49(41,6)7)28-42(44)53(46)32-18-20-38-39(26-32)51(10,11)30-50(38,8)9/h14-21,24-29H,22-23,30,54H2,1-13H3. The van der Waals surface area contributed by atoms with Crippen molar-refractivity contribution in [2.75, 3.05) is 10.6 Å². The molecule has 9 rings (SSSR count). The molecule has 2 N–H and O–H groups in total. The van der Waals surface area contributed by atoms with E-state index in [1.165, 1.54) is 96.4 Å². The summed E-state index contributed by atoms with van der Waals surface area (Å²) in [5, 5.41) is 0. The van der Waals surface area contributed by atoms with Crippen molar-refractivity contribution in [3.05, 3.63) is 124 Å². The highest BCUT2D eigenvalue weighted by atomic mass is 15.2. The third-order valence-electron chi connectivity index (χ3n) is 14.7. The van der Waals surface area contributed by atoms with E-state index in [9.17, 15) is 0 Å². The molecule has 0 spiro atoms. The Morgan fingerprint density at radius 1 is 0.564 bits per heavy atom. The molecule has 0 fully saturated rings. The number of fused-ring (bicyclic) bond motifs is 7. The van der Waals surface area contributed by atoms with Crippen LogP contribution in [-0.4, -0.2) is 6.71 Å². The lowest BCUT2D eigenvalue weighted by atomic mass is 9.34. The molecule has 0 unspecified atom stereocenters. The second-order valence-corrected chi connectivity index (χ2v) is 21.9. The van der Waals surface area contributed by atoms with Crippen LogP contribution < -0.4 is 27.0 Å². The summed E-state index contributed by atoms with van der Waals surface area (Å²) in [7, 11) is 0. The molecule has 0 radical (unpaired) electrons. The van der Waals surface area contributed by atoms with Crippen LogP contribution in [0.4, 0.5) is 22.7 Å². The first-order valence-electron chi connectivity index (χ1n) is 20.9. The topological polar surface area (TPSA) is 29.3 Å². The fourth-order valence-corrected chi connectivity index (χ4v) is 11.6. The summed E-state index contributed by atoms with van der Waals surface area (Å²) in [5.74, 6) is 0. The van der Waals surface area contributed by atoms with Gasteiger partial charge in [-0.3, -0.25) is 0 Å². The zero-order valence-electron chi connectivity index (χ0n) is 35.8. The second kappa shape index (κ2) is 11.2. The largest absolute Gasteiger partial charge is 0.399 e. The van der Waals surface area contributed by atoms with Gasteiger partial charge in [0.05, 0.1) is 0 Å². The summed E-state index contributed by atoms with van der Waals surface area (Å²) < 4.78 is 0. The van der Waals surface area contributed by atoms with Crippen molar-refractivity contribution in [2.24, 2.45) is 0 Å². The average molecular weight is 725 g/mol. The van der Waals surface area contributed by atoms with Crippen LogP contribution in [0.2, 0.25) is 0 Å². The predicted molar refractivity (Wildman–Crippen MR) is 239 cm³/mol. The van der Waals surface area contributed by atoms with Gasteiger partial charge in [0.25, 0.3) is 0 Å². The van der Waals surface area contributed by atoms with Crippen LogP contribution in [0.5, 0.6) is 0 Å². The molecule has 0 amide bonds. The molecule has 3 heteroatoms. The van der Waals surface area contributed by atoms with Crippen molar-refractivity contribution < 1.29 is 0 Å². The number of nitrogens with two attached hydrogens (primary N) is 1. The van der Waals surface area contributed by atoms with Gasteiger partial charge < -0.3 is 10.6 Å². The Kier molecular flexibility index (Phi) is 7.42. The quantitative estimate of drug-likeness (QED) is 0.142. The lowest BCUT2D eigenvalue weighted by Gasteiger charge is -2.45. The molecule has 0 saturated carbocycles. The fourth-order valence-electron chi connectivity index (χ4n) is 11.6. The van der Waals surface area contributed by atoms with Crippen LogP contribution in [0.3, 0.4) is 0 Å². The molecule has 5 aromatic rings. The second-order valence-electron chi connectivity index (χ2n) is 21.9. The first-order chi connectivity index (χ1) is 25.5. The average Bonchev–Trinajstić information content (AvgIpc) is 3.44. The van der Waals surface area contributed by atoms with Crippen LogP contribution in [0.15, 0.2) is 84.9 Å². The Labute approximate surface area is 332 Å². The number of hydrogen-bond donors (Lipinski definition) is 1. The highest BCUT2D eigenvalue weighted by Crippen LogP contribution is 2.53. The van der Waals surface area contributed by atoms with E-state index in [2.05, 4.69) is 180 Å². The molecular weight excluding hydrogens is 663 g/mol. The van der Waals surface area contributed by atoms with Crippen LogP contribution in [0.1, 0.15) is 148 Å². The molecule has 4 aliphatic rings. The molecule has 2 nitrogen and oxygen atoms in total. The smallest absolute Gasteiger partial charge is 0.249 e. The van der Waals surface area contributed by atoms with Crippen LogP contribution in [0.25, 0.3) is 11.1 Å². The van der Waals surface area contributed by atoms with Crippen molar-refractivity contribution in [3.8, 4) is 11.1 Å². The maximum absolute atomic E-state index is 7.47. The SMILES string of the molecule is CC(C)(C)c1cc(N)c2c(c1)N(c1ccc3c(c1)-c1ccccc1C3(C)C)c1cc3c(cc1B2c1ccc2c(c1)C(C)(C)CC2(C)C)C(C)(C)CCC3(C)C. The third-order valence-corrected chi connectivity index (χ3v) is 14.7. The van der Waals surface area contributed by atoms with Gasteiger partial charge in [0.2, 0.25) is 6.71 Å². The first kappa shape index (κ1) is 36.4. The molecule has 282 valence electrons. The van der Waals surface area contributed by atoms with Crippen molar-refractivity contribution in [2.45, 2.75) is 142 Å². The van der Waals surface area contributed by atoms with E-state index in [1.54, 1.807) is 0 Å². The Bertz CT molecular complexity index is 2450. The lowest BCUT2D eigenvalue weighted by Crippen LogP contribution is -2.59. The predicted octanol–water partition coefficient (Wildman–Crippen LogP) is 11.5. The van der Waals surface area contributed by atoms with Gasteiger partial charge in [-0.05, 0) is 138 Å². The van der Waals surface area contributed by atoms with Crippen molar-refractivity contribution in [1.29, 1.82) is 0 Å². The van der Waals surface area contributed by atoms with Crippen LogP contribution in [0, 0.1) is 0 Å².